The molecular weight excluding hydrogens is 559 g/mol. The number of thioether (sulfide) groups is 1. The molecule has 0 saturated carbocycles. The number of amides is 2. The van der Waals surface area contributed by atoms with Gasteiger partial charge in [-0.3, -0.25) is 19.5 Å². The second kappa shape index (κ2) is 13.5. The van der Waals surface area contributed by atoms with Crippen LogP contribution < -0.4 is 10.6 Å². The summed E-state index contributed by atoms with van der Waals surface area (Å²) in [6.07, 6.45) is 2.23. The number of carbonyl (C=O) groups is 3. The Labute approximate surface area is 247 Å². The predicted molar refractivity (Wildman–Crippen MR) is 161 cm³/mol. The number of carbonyl (C=O) groups excluding carboxylic acids is 3. The number of methoxy groups -OCH3 is 1. The van der Waals surface area contributed by atoms with E-state index in [1.807, 2.05) is 10.6 Å². The maximum Gasteiger partial charge on any atom is 0.412 e. The fourth-order valence-corrected chi connectivity index (χ4v) is 4.67. The highest BCUT2D eigenvalue weighted by molar-refractivity contribution is 7.99. The molecule has 9 nitrogen and oxygen atoms in total. The Hall–Kier alpha value is -4.48. The molecule has 218 valence electrons. The number of nitrogens with zero attached hydrogens (tertiary/aromatic N) is 2. The molecule has 3 aromatic carbocycles. The van der Waals surface area contributed by atoms with E-state index in [2.05, 4.69) is 15.6 Å². The summed E-state index contributed by atoms with van der Waals surface area (Å²) in [5.41, 5.74) is 1.50. The Morgan fingerprint density at radius 2 is 1.76 bits per heavy atom. The molecule has 0 aliphatic heterocycles. The number of Topliss-reactive ketones (excluding diaryl/α,β-unsaturated/α-hetero) is 1. The number of halogens is 1. The standard InChI is InChI=1S/C31H31FN4O5S/c1-31(2,3)41-30(39)35-25-13-12-20(23-10-5-6-11-24(23)32)17-26(25)34-28(38)18-27(37)21-8-7-9-22(16-21)36-15-14-33-29(36)42-19-40-4/h5-17H,18-19H2,1-4H3,(H,34,38)(H,35,39). The molecular formula is C31H31FN4O5S. The third-order valence-electron chi connectivity index (χ3n) is 5.79. The zero-order chi connectivity index (χ0) is 30.3. The Balaban J connectivity index is 1.55. The van der Waals surface area contributed by atoms with Gasteiger partial charge in [0.15, 0.2) is 10.9 Å². The quantitative estimate of drug-likeness (QED) is 0.0891. The van der Waals surface area contributed by atoms with E-state index < -0.39 is 35.6 Å². The minimum absolute atomic E-state index is 0.186. The molecule has 4 rings (SSSR count). The van der Waals surface area contributed by atoms with E-state index in [1.54, 1.807) is 82.7 Å². The summed E-state index contributed by atoms with van der Waals surface area (Å²) in [6, 6.07) is 17.8. The highest BCUT2D eigenvalue weighted by Crippen LogP contribution is 2.31. The molecule has 42 heavy (non-hydrogen) atoms. The van der Waals surface area contributed by atoms with E-state index >= 15 is 0 Å². The normalized spacial score (nSPS) is 11.2. The van der Waals surface area contributed by atoms with Gasteiger partial charge in [-0.05, 0) is 56.7 Å². The van der Waals surface area contributed by atoms with Gasteiger partial charge in [-0.1, -0.05) is 48.2 Å². The van der Waals surface area contributed by atoms with Gasteiger partial charge in [0.2, 0.25) is 5.91 Å². The number of hydrogen-bond acceptors (Lipinski definition) is 7. The first-order chi connectivity index (χ1) is 20.0. The first-order valence-electron chi connectivity index (χ1n) is 13.0. The molecule has 0 atom stereocenters. The number of benzene rings is 3. The number of anilines is 2. The molecule has 0 bridgehead atoms. The molecule has 0 unspecified atom stereocenters. The van der Waals surface area contributed by atoms with Crippen molar-refractivity contribution in [2.75, 3.05) is 23.7 Å². The highest BCUT2D eigenvalue weighted by Gasteiger charge is 2.20. The van der Waals surface area contributed by atoms with Gasteiger partial charge < -0.3 is 14.8 Å². The summed E-state index contributed by atoms with van der Waals surface area (Å²) in [6.45, 7) is 5.18. The fraction of sp³-hybridized carbons (Fsp3) is 0.226. The third kappa shape index (κ3) is 8.05. The van der Waals surface area contributed by atoms with Gasteiger partial charge in [-0.15, -0.1) is 0 Å². The van der Waals surface area contributed by atoms with Crippen LogP contribution in [0.4, 0.5) is 20.6 Å². The summed E-state index contributed by atoms with van der Waals surface area (Å²) in [7, 11) is 1.59. The van der Waals surface area contributed by atoms with Crippen LogP contribution in [0.15, 0.2) is 84.3 Å². The first-order valence-corrected chi connectivity index (χ1v) is 14.0. The Morgan fingerprint density at radius 1 is 0.976 bits per heavy atom. The average molecular weight is 591 g/mol. The topological polar surface area (TPSA) is 112 Å². The molecule has 0 spiro atoms. The van der Waals surface area contributed by atoms with Crippen molar-refractivity contribution < 1.29 is 28.2 Å². The summed E-state index contributed by atoms with van der Waals surface area (Å²) in [5, 5.41) is 6.01. The second-order valence-corrected chi connectivity index (χ2v) is 11.1. The lowest BCUT2D eigenvalue weighted by Crippen LogP contribution is -2.27. The van der Waals surface area contributed by atoms with Crippen molar-refractivity contribution in [1.82, 2.24) is 9.55 Å². The van der Waals surface area contributed by atoms with Gasteiger partial charge in [-0.25, -0.2) is 14.2 Å². The minimum atomic E-state index is -0.749. The molecule has 0 aliphatic rings. The van der Waals surface area contributed by atoms with Crippen molar-refractivity contribution in [2.24, 2.45) is 0 Å². The van der Waals surface area contributed by atoms with E-state index in [1.165, 1.54) is 30.0 Å². The number of nitrogens with one attached hydrogen (secondary N) is 2. The van der Waals surface area contributed by atoms with Crippen molar-refractivity contribution in [3.63, 3.8) is 0 Å². The van der Waals surface area contributed by atoms with E-state index in [0.29, 0.717) is 33.5 Å². The summed E-state index contributed by atoms with van der Waals surface area (Å²) in [4.78, 5) is 43.0. The van der Waals surface area contributed by atoms with Crippen LogP contribution in [-0.4, -0.2) is 46.0 Å². The Morgan fingerprint density at radius 3 is 2.50 bits per heavy atom. The van der Waals surface area contributed by atoms with Gasteiger partial charge in [0.05, 0.1) is 23.7 Å². The van der Waals surface area contributed by atoms with Crippen LogP contribution in [0, 0.1) is 5.82 Å². The van der Waals surface area contributed by atoms with Gasteiger partial charge >= 0.3 is 6.09 Å². The zero-order valence-electron chi connectivity index (χ0n) is 23.6. The van der Waals surface area contributed by atoms with Gasteiger partial charge in [0.25, 0.3) is 0 Å². The van der Waals surface area contributed by atoms with E-state index in [-0.39, 0.29) is 11.4 Å². The maximum atomic E-state index is 14.5. The third-order valence-corrected chi connectivity index (χ3v) is 6.71. The number of ketones is 1. The molecule has 2 N–H and O–H groups in total. The van der Waals surface area contributed by atoms with Crippen LogP contribution >= 0.6 is 11.8 Å². The second-order valence-electron chi connectivity index (χ2n) is 10.2. The van der Waals surface area contributed by atoms with Gasteiger partial charge in [-0.2, -0.15) is 0 Å². The van der Waals surface area contributed by atoms with Crippen molar-refractivity contribution in [2.45, 2.75) is 37.9 Å². The molecule has 1 heterocycles. The number of imidazole rings is 1. The molecule has 0 radical (unpaired) electrons. The van der Waals surface area contributed by atoms with Crippen LogP contribution in [0.2, 0.25) is 0 Å². The Bertz CT molecular complexity index is 1600. The van der Waals surface area contributed by atoms with E-state index in [9.17, 15) is 18.8 Å². The zero-order valence-corrected chi connectivity index (χ0v) is 24.5. The maximum absolute atomic E-state index is 14.5. The van der Waals surface area contributed by atoms with Crippen LogP contribution in [0.1, 0.15) is 37.6 Å². The highest BCUT2D eigenvalue weighted by atomic mass is 32.2. The number of hydrogen-bond donors (Lipinski definition) is 2. The van der Waals surface area contributed by atoms with Gasteiger partial charge in [0, 0.05) is 36.3 Å². The van der Waals surface area contributed by atoms with E-state index in [0.717, 1.165) is 0 Å². The Kier molecular flexibility index (Phi) is 9.76. The summed E-state index contributed by atoms with van der Waals surface area (Å²) in [5.74, 6) is -1.05. The fourth-order valence-electron chi connectivity index (χ4n) is 4.01. The van der Waals surface area contributed by atoms with Crippen LogP contribution in [0.3, 0.4) is 0 Å². The monoisotopic (exact) mass is 590 g/mol. The molecule has 11 heteroatoms. The molecule has 0 saturated heterocycles. The number of aromatic nitrogens is 2. The SMILES string of the molecule is COCSc1nccn1-c1cccc(C(=O)CC(=O)Nc2cc(-c3ccccc3F)ccc2NC(=O)OC(C)(C)C)c1. The predicted octanol–water partition coefficient (Wildman–Crippen LogP) is 6.93. The van der Waals surface area contributed by atoms with Crippen molar-refractivity contribution in [1.29, 1.82) is 0 Å². The van der Waals surface area contributed by atoms with E-state index in [4.69, 9.17) is 9.47 Å². The lowest BCUT2D eigenvalue weighted by molar-refractivity contribution is -0.115. The smallest absolute Gasteiger partial charge is 0.412 e. The largest absolute Gasteiger partial charge is 0.444 e. The first kappa shape index (κ1) is 30.5. The van der Waals surface area contributed by atoms with Crippen molar-refractivity contribution >= 4 is 40.9 Å². The van der Waals surface area contributed by atoms with Crippen molar-refractivity contribution in [3.05, 3.63) is 90.5 Å². The van der Waals surface area contributed by atoms with Gasteiger partial charge in [0.1, 0.15) is 11.4 Å². The van der Waals surface area contributed by atoms with Crippen LogP contribution in [0.25, 0.3) is 16.8 Å². The van der Waals surface area contributed by atoms with Crippen molar-refractivity contribution in [3.8, 4) is 16.8 Å². The molecule has 4 aromatic rings. The molecule has 0 fully saturated rings. The van der Waals surface area contributed by atoms with Crippen LogP contribution in [0.5, 0.6) is 0 Å². The molecule has 0 aliphatic carbocycles. The summed E-state index contributed by atoms with van der Waals surface area (Å²) >= 11 is 1.40. The molecule has 1 aromatic heterocycles. The average Bonchev–Trinajstić information content (AvgIpc) is 3.41. The lowest BCUT2D eigenvalue weighted by Gasteiger charge is -2.21. The summed E-state index contributed by atoms with van der Waals surface area (Å²) < 4.78 is 26.8. The number of rotatable bonds is 10. The minimum Gasteiger partial charge on any atom is -0.444 e. The van der Waals surface area contributed by atoms with Crippen LogP contribution in [-0.2, 0) is 14.3 Å². The number of ether oxygens (including phenoxy) is 2. The lowest BCUT2D eigenvalue weighted by atomic mass is 10.0. The molecule has 2 amide bonds.